The van der Waals surface area contributed by atoms with Gasteiger partial charge in [-0.1, -0.05) is 0 Å². The highest BCUT2D eigenvalue weighted by molar-refractivity contribution is 5.78. The lowest BCUT2D eigenvalue weighted by atomic mass is 10.3. The Morgan fingerprint density at radius 3 is 2.25 bits per heavy atom. The van der Waals surface area contributed by atoms with Crippen molar-refractivity contribution < 1.29 is 10.0 Å². The van der Waals surface area contributed by atoms with Crippen LogP contribution in [0.2, 0.25) is 0 Å². The van der Waals surface area contributed by atoms with E-state index in [9.17, 15) is 10.0 Å². The van der Waals surface area contributed by atoms with Crippen LogP contribution in [0.1, 0.15) is 27.7 Å². The first-order chi connectivity index (χ1) is 5.43. The molecule has 0 aliphatic rings. The summed E-state index contributed by atoms with van der Waals surface area (Å²) in [5.74, 6) is -0.152. The maximum atomic E-state index is 11.1. The molecular weight excluding hydrogens is 156 g/mol. The molecule has 0 spiro atoms. The highest BCUT2D eigenvalue weighted by Crippen LogP contribution is 1.91. The van der Waals surface area contributed by atoms with E-state index in [0.717, 1.165) is 5.06 Å². The zero-order chi connectivity index (χ0) is 9.72. The predicted molar refractivity (Wildman–Crippen MR) is 46.9 cm³/mol. The number of carbonyl (C=O) groups excluding carboxylic acids is 1. The van der Waals surface area contributed by atoms with Crippen molar-refractivity contribution in [1.82, 2.24) is 10.4 Å². The first-order valence-corrected chi connectivity index (χ1v) is 4.18. The van der Waals surface area contributed by atoms with Gasteiger partial charge < -0.3 is 10.5 Å². The second-order valence-electron chi connectivity index (χ2n) is 3.41. The molecule has 0 aliphatic heterocycles. The Labute approximate surface area is 73.5 Å². The number of nitrogens with zero attached hydrogens (tertiary/aromatic N) is 1. The summed E-state index contributed by atoms with van der Waals surface area (Å²) in [7, 11) is 0. The SMILES string of the molecule is CC(C)NC(=O)CN(O)C(C)C. The van der Waals surface area contributed by atoms with Gasteiger partial charge in [-0.3, -0.25) is 4.79 Å². The third kappa shape index (κ3) is 5.09. The average Bonchev–Trinajstić information content (AvgIpc) is 1.84. The summed E-state index contributed by atoms with van der Waals surface area (Å²) < 4.78 is 0. The summed E-state index contributed by atoms with van der Waals surface area (Å²) in [6.07, 6.45) is 0. The van der Waals surface area contributed by atoms with Crippen LogP contribution in [0.25, 0.3) is 0 Å². The van der Waals surface area contributed by atoms with E-state index in [1.807, 2.05) is 27.7 Å². The number of rotatable bonds is 4. The van der Waals surface area contributed by atoms with Gasteiger partial charge in [-0.25, -0.2) is 0 Å². The standard InChI is InChI=1S/C8H18N2O2/c1-6(2)9-8(11)5-10(12)7(3)4/h6-7,12H,5H2,1-4H3,(H,9,11). The highest BCUT2D eigenvalue weighted by Gasteiger charge is 2.11. The van der Waals surface area contributed by atoms with E-state index in [1.54, 1.807) is 0 Å². The van der Waals surface area contributed by atoms with Crippen molar-refractivity contribution in [2.75, 3.05) is 6.54 Å². The van der Waals surface area contributed by atoms with Crippen LogP contribution >= 0.6 is 0 Å². The Balaban J connectivity index is 3.69. The Morgan fingerprint density at radius 1 is 1.42 bits per heavy atom. The van der Waals surface area contributed by atoms with Crippen LogP contribution in [-0.4, -0.2) is 34.8 Å². The van der Waals surface area contributed by atoms with E-state index < -0.39 is 0 Å². The summed E-state index contributed by atoms with van der Waals surface area (Å²) >= 11 is 0. The maximum Gasteiger partial charge on any atom is 0.236 e. The Bertz CT molecular complexity index is 146. The molecule has 0 fully saturated rings. The molecule has 0 aromatic rings. The second-order valence-corrected chi connectivity index (χ2v) is 3.41. The number of hydrogen-bond donors (Lipinski definition) is 2. The van der Waals surface area contributed by atoms with Crippen LogP contribution in [0.15, 0.2) is 0 Å². The van der Waals surface area contributed by atoms with Crippen LogP contribution in [-0.2, 0) is 4.79 Å². The molecule has 0 unspecified atom stereocenters. The summed E-state index contributed by atoms with van der Waals surface area (Å²) in [5, 5.41) is 12.9. The second kappa shape index (κ2) is 5.11. The zero-order valence-electron chi connectivity index (χ0n) is 8.16. The molecule has 12 heavy (non-hydrogen) atoms. The van der Waals surface area contributed by atoms with Gasteiger partial charge in [0, 0.05) is 12.1 Å². The molecule has 72 valence electrons. The number of hydrogen-bond acceptors (Lipinski definition) is 3. The first-order valence-electron chi connectivity index (χ1n) is 4.18. The van der Waals surface area contributed by atoms with Crippen molar-refractivity contribution >= 4 is 5.91 Å². The van der Waals surface area contributed by atoms with E-state index >= 15 is 0 Å². The van der Waals surface area contributed by atoms with E-state index in [4.69, 9.17) is 0 Å². The minimum absolute atomic E-state index is 0.0251. The van der Waals surface area contributed by atoms with Gasteiger partial charge in [-0.05, 0) is 27.7 Å². The summed E-state index contributed by atoms with van der Waals surface area (Å²) in [6.45, 7) is 7.45. The molecule has 0 heterocycles. The molecule has 1 amide bonds. The van der Waals surface area contributed by atoms with Gasteiger partial charge >= 0.3 is 0 Å². The van der Waals surface area contributed by atoms with Gasteiger partial charge in [0.15, 0.2) is 0 Å². The fourth-order valence-corrected chi connectivity index (χ4v) is 0.697. The molecule has 0 bridgehead atoms. The van der Waals surface area contributed by atoms with E-state index in [2.05, 4.69) is 5.32 Å². The number of amides is 1. The highest BCUT2D eigenvalue weighted by atomic mass is 16.5. The van der Waals surface area contributed by atoms with Crippen molar-refractivity contribution in [3.8, 4) is 0 Å². The van der Waals surface area contributed by atoms with Gasteiger partial charge in [0.2, 0.25) is 5.91 Å². The third-order valence-electron chi connectivity index (χ3n) is 1.35. The molecule has 0 atom stereocenters. The molecule has 0 saturated heterocycles. The average molecular weight is 174 g/mol. The van der Waals surface area contributed by atoms with Gasteiger partial charge in [0.1, 0.15) is 6.54 Å². The molecule has 4 heteroatoms. The molecule has 0 rings (SSSR count). The smallest absolute Gasteiger partial charge is 0.236 e. The molecular formula is C8H18N2O2. The van der Waals surface area contributed by atoms with Crippen LogP contribution < -0.4 is 5.32 Å². The van der Waals surface area contributed by atoms with Gasteiger partial charge in [0.05, 0.1) is 0 Å². The molecule has 0 saturated carbocycles. The lowest BCUT2D eigenvalue weighted by Gasteiger charge is -2.18. The quantitative estimate of drug-likeness (QED) is 0.614. The number of hydroxylamine groups is 2. The van der Waals surface area contributed by atoms with Crippen molar-refractivity contribution in [3.05, 3.63) is 0 Å². The first kappa shape index (κ1) is 11.4. The minimum Gasteiger partial charge on any atom is -0.353 e. The Kier molecular flexibility index (Phi) is 4.85. The summed E-state index contributed by atoms with van der Waals surface area (Å²) in [4.78, 5) is 11.1. The molecule has 0 radical (unpaired) electrons. The molecule has 0 aromatic carbocycles. The minimum atomic E-state index is -0.152. The van der Waals surface area contributed by atoms with E-state index in [-0.39, 0.29) is 24.5 Å². The van der Waals surface area contributed by atoms with Gasteiger partial charge in [-0.15, -0.1) is 0 Å². The van der Waals surface area contributed by atoms with Crippen molar-refractivity contribution in [3.63, 3.8) is 0 Å². The largest absolute Gasteiger partial charge is 0.353 e. The van der Waals surface area contributed by atoms with Gasteiger partial charge in [-0.2, -0.15) is 5.06 Å². The van der Waals surface area contributed by atoms with Crippen LogP contribution in [0.5, 0.6) is 0 Å². The topological polar surface area (TPSA) is 52.6 Å². The monoisotopic (exact) mass is 174 g/mol. The Morgan fingerprint density at radius 2 is 1.92 bits per heavy atom. The van der Waals surface area contributed by atoms with Crippen LogP contribution in [0, 0.1) is 0 Å². The van der Waals surface area contributed by atoms with E-state index in [0.29, 0.717) is 0 Å². The molecule has 2 N–H and O–H groups in total. The molecule has 0 aliphatic carbocycles. The van der Waals surface area contributed by atoms with E-state index in [1.165, 1.54) is 0 Å². The van der Waals surface area contributed by atoms with Crippen molar-refractivity contribution in [2.24, 2.45) is 0 Å². The Hall–Kier alpha value is -0.610. The maximum absolute atomic E-state index is 11.1. The summed E-state index contributed by atoms with van der Waals surface area (Å²) in [6, 6.07) is 0.0981. The van der Waals surface area contributed by atoms with Crippen LogP contribution in [0.4, 0.5) is 0 Å². The number of carbonyl (C=O) groups is 1. The number of nitrogens with one attached hydrogen (secondary N) is 1. The van der Waals surface area contributed by atoms with Gasteiger partial charge in [0.25, 0.3) is 0 Å². The lowest BCUT2D eigenvalue weighted by molar-refractivity contribution is -0.146. The lowest BCUT2D eigenvalue weighted by Crippen LogP contribution is -2.41. The zero-order valence-corrected chi connectivity index (χ0v) is 8.16. The summed E-state index contributed by atoms with van der Waals surface area (Å²) in [5.41, 5.74) is 0. The van der Waals surface area contributed by atoms with Crippen molar-refractivity contribution in [2.45, 2.75) is 39.8 Å². The predicted octanol–water partition coefficient (Wildman–Crippen LogP) is 0.611. The third-order valence-corrected chi connectivity index (χ3v) is 1.35. The van der Waals surface area contributed by atoms with Crippen LogP contribution in [0.3, 0.4) is 0 Å². The normalized spacial score (nSPS) is 11.3. The van der Waals surface area contributed by atoms with Crippen molar-refractivity contribution in [1.29, 1.82) is 0 Å². The molecule has 0 aromatic heterocycles. The fraction of sp³-hybridized carbons (Fsp3) is 0.875. The fourth-order valence-electron chi connectivity index (χ4n) is 0.697. The molecule has 4 nitrogen and oxygen atoms in total.